The van der Waals surface area contributed by atoms with E-state index in [-0.39, 0.29) is 30.4 Å². The lowest BCUT2D eigenvalue weighted by Gasteiger charge is -2.41. The summed E-state index contributed by atoms with van der Waals surface area (Å²) in [6, 6.07) is 7.41. The Labute approximate surface area is 161 Å². The maximum Gasteiger partial charge on any atom is 0.308 e. The summed E-state index contributed by atoms with van der Waals surface area (Å²) in [6.07, 6.45) is 0.914. The molecule has 1 aliphatic heterocycles. The van der Waals surface area contributed by atoms with Gasteiger partial charge in [-0.05, 0) is 30.7 Å². The highest BCUT2D eigenvalue weighted by molar-refractivity contribution is 5.86. The van der Waals surface area contributed by atoms with E-state index in [0.29, 0.717) is 12.8 Å². The molecule has 0 N–H and O–H groups in total. The molecule has 6 nitrogen and oxygen atoms in total. The molecule has 1 aromatic carbocycles. The SMILES string of the molecule is CC[C@H](C[C@@H]1CC(=O)C(C)(C)[C@H](CC(=O)OC)O1)Oc1ccc(OC)cc1. The number of ketones is 1. The van der Waals surface area contributed by atoms with Crippen molar-refractivity contribution in [2.75, 3.05) is 14.2 Å². The van der Waals surface area contributed by atoms with Crippen LogP contribution in [0.2, 0.25) is 0 Å². The largest absolute Gasteiger partial charge is 0.497 e. The Morgan fingerprint density at radius 3 is 2.41 bits per heavy atom. The summed E-state index contributed by atoms with van der Waals surface area (Å²) >= 11 is 0. The number of hydrogen-bond donors (Lipinski definition) is 0. The molecule has 0 radical (unpaired) electrons. The van der Waals surface area contributed by atoms with Crippen molar-refractivity contribution in [3.8, 4) is 11.5 Å². The van der Waals surface area contributed by atoms with E-state index in [0.717, 1.165) is 17.9 Å². The van der Waals surface area contributed by atoms with E-state index in [4.69, 9.17) is 18.9 Å². The summed E-state index contributed by atoms with van der Waals surface area (Å²) < 4.78 is 22.1. The lowest BCUT2D eigenvalue weighted by atomic mass is 9.75. The van der Waals surface area contributed by atoms with E-state index in [1.165, 1.54) is 7.11 Å². The Kier molecular flexibility index (Phi) is 7.25. The Morgan fingerprint density at radius 2 is 1.85 bits per heavy atom. The number of Topliss-reactive ketones (excluding diaryl/α,β-unsaturated/α-hetero) is 1. The van der Waals surface area contributed by atoms with Crippen LogP contribution in [0.1, 0.15) is 46.5 Å². The molecule has 0 aromatic heterocycles. The molecule has 1 aromatic rings. The third kappa shape index (κ3) is 5.45. The van der Waals surface area contributed by atoms with Crippen molar-refractivity contribution < 1.29 is 28.5 Å². The summed E-state index contributed by atoms with van der Waals surface area (Å²) in [4.78, 5) is 24.3. The van der Waals surface area contributed by atoms with Gasteiger partial charge in [0, 0.05) is 12.8 Å². The van der Waals surface area contributed by atoms with Gasteiger partial charge >= 0.3 is 5.97 Å². The fraction of sp³-hybridized carbons (Fsp3) is 0.619. The minimum absolute atomic E-state index is 0.0713. The standard InChI is InChI=1S/C21H30O6/c1-6-14(26-16-9-7-15(24-4)8-10-16)11-17-12-18(22)21(2,3)19(27-17)13-20(23)25-5/h7-10,14,17,19H,6,11-13H2,1-5H3/t14-,17-,19+/m1/s1. The quantitative estimate of drug-likeness (QED) is 0.644. The molecule has 0 saturated carbocycles. The molecular formula is C21H30O6. The highest BCUT2D eigenvalue weighted by Crippen LogP contribution is 2.37. The van der Waals surface area contributed by atoms with Gasteiger partial charge in [0.2, 0.25) is 0 Å². The smallest absolute Gasteiger partial charge is 0.308 e. The molecular weight excluding hydrogens is 348 g/mol. The van der Waals surface area contributed by atoms with Gasteiger partial charge in [0.15, 0.2) is 0 Å². The molecule has 1 heterocycles. The van der Waals surface area contributed by atoms with Gasteiger partial charge in [0.25, 0.3) is 0 Å². The molecule has 0 unspecified atom stereocenters. The van der Waals surface area contributed by atoms with E-state index >= 15 is 0 Å². The zero-order valence-corrected chi connectivity index (χ0v) is 16.8. The minimum Gasteiger partial charge on any atom is -0.497 e. The Bertz CT molecular complexity index is 637. The first-order valence-electron chi connectivity index (χ1n) is 9.36. The second-order valence-electron chi connectivity index (χ2n) is 7.44. The van der Waals surface area contributed by atoms with Crippen molar-refractivity contribution in [3.63, 3.8) is 0 Å². The van der Waals surface area contributed by atoms with Crippen LogP contribution in [0.25, 0.3) is 0 Å². The van der Waals surface area contributed by atoms with Crippen molar-refractivity contribution in [2.45, 2.75) is 64.8 Å². The highest BCUT2D eigenvalue weighted by Gasteiger charge is 2.45. The summed E-state index contributed by atoms with van der Waals surface area (Å²) in [5.74, 6) is 1.25. The predicted molar refractivity (Wildman–Crippen MR) is 101 cm³/mol. The van der Waals surface area contributed by atoms with Gasteiger partial charge in [0.1, 0.15) is 23.4 Å². The molecule has 0 bridgehead atoms. The van der Waals surface area contributed by atoms with Gasteiger partial charge < -0.3 is 18.9 Å². The van der Waals surface area contributed by atoms with Crippen LogP contribution in [-0.2, 0) is 19.1 Å². The molecule has 0 spiro atoms. The Morgan fingerprint density at radius 1 is 1.22 bits per heavy atom. The molecule has 1 saturated heterocycles. The second-order valence-corrected chi connectivity index (χ2v) is 7.44. The molecule has 1 aliphatic rings. The zero-order chi connectivity index (χ0) is 20.0. The summed E-state index contributed by atoms with van der Waals surface area (Å²) in [7, 11) is 2.96. The first kappa shape index (κ1) is 21.2. The number of methoxy groups -OCH3 is 2. The molecule has 150 valence electrons. The highest BCUT2D eigenvalue weighted by atomic mass is 16.5. The molecule has 0 aliphatic carbocycles. The number of carbonyl (C=O) groups excluding carboxylic acids is 2. The minimum atomic E-state index is -0.705. The lowest BCUT2D eigenvalue weighted by molar-refractivity contribution is -0.169. The number of benzene rings is 1. The maximum atomic E-state index is 12.6. The molecule has 2 rings (SSSR count). The van der Waals surface area contributed by atoms with E-state index in [1.54, 1.807) is 7.11 Å². The fourth-order valence-electron chi connectivity index (χ4n) is 3.21. The summed E-state index contributed by atoms with van der Waals surface area (Å²) in [6.45, 7) is 5.68. The number of esters is 1. The first-order chi connectivity index (χ1) is 12.8. The molecule has 3 atom stereocenters. The predicted octanol–water partition coefficient (Wildman–Crippen LogP) is 3.56. The van der Waals surface area contributed by atoms with Crippen LogP contribution < -0.4 is 9.47 Å². The van der Waals surface area contributed by atoms with Crippen LogP contribution in [0.3, 0.4) is 0 Å². The topological polar surface area (TPSA) is 71.1 Å². The van der Waals surface area contributed by atoms with Gasteiger partial charge in [-0.15, -0.1) is 0 Å². The zero-order valence-electron chi connectivity index (χ0n) is 16.8. The molecule has 0 amide bonds. The van der Waals surface area contributed by atoms with Crippen LogP contribution in [-0.4, -0.2) is 44.3 Å². The van der Waals surface area contributed by atoms with Crippen LogP contribution in [0.15, 0.2) is 24.3 Å². The van der Waals surface area contributed by atoms with Gasteiger partial charge in [0.05, 0.1) is 38.3 Å². The maximum absolute atomic E-state index is 12.6. The Hall–Kier alpha value is -2.08. The van der Waals surface area contributed by atoms with Gasteiger partial charge in [-0.3, -0.25) is 9.59 Å². The van der Waals surface area contributed by atoms with E-state index < -0.39 is 11.5 Å². The van der Waals surface area contributed by atoms with Crippen LogP contribution in [0, 0.1) is 5.41 Å². The monoisotopic (exact) mass is 378 g/mol. The number of carbonyl (C=O) groups is 2. The van der Waals surface area contributed by atoms with Crippen molar-refractivity contribution in [1.29, 1.82) is 0 Å². The van der Waals surface area contributed by atoms with Gasteiger partial charge in [-0.2, -0.15) is 0 Å². The van der Waals surface area contributed by atoms with Crippen LogP contribution in [0.5, 0.6) is 11.5 Å². The van der Waals surface area contributed by atoms with E-state index in [1.807, 2.05) is 45.0 Å². The number of rotatable bonds is 8. The molecule has 27 heavy (non-hydrogen) atoms. The van der Waals surface area contributed by atoms with E-state index in [9.17, 15) is 9.59 Å². The normalized spacial score (nSPS) is 22.8. The van der Waals surface area contributed by atoms with Crippen molar-refractivity contribution >= 4 is 11.8 Å². The number of hydrogen-bond acceptors (Lipinski definition) is 6. The average Bonchev–Trinajstić information content (AvgIpc) is 2.65. The third-order valence-corrected chi connectivity index (χ3v) is 5.22. The molecule has 1 fully saturated rings. The van der Waals surface area contributed by atoms with Crippen LogP contribution in [0.4, 0.5) is 0 Å². The van der Waals surface area contributed by atoms with Gasteiger partial charge in [-0.1, -0.05) is 20.8 Å². The number of ether oxygens (including phenoxy) is 4. The van der Waals surface area contributed by atoms with Crippen molar-refractivity contribution in [2.24, 2.45) is 5.41 Å². The Balaban J connectivity index is 2.02. The first-order valence-corrected chi connectivity index (χ1v) is 9.36. The second kappa shape index (κ2) is 9.22. The fourth-order valence-corrected chi connectivity index (χ4v) is 3.21. The van der Waals surface area contributed by atoms with E-state index in [2.05, 4.69) is 0 Å². The third-order valence-electron chi connectivity index (χ3n) is 5.22. The van der Waals surface area contributed by atoms with Crippen LogP contribution >= 0.6 is 0 Å². The average molecular weight is 378 g/mol. The lowest BCUT2D eigenvalue weighted by Crippen LogP contribution is -2.49. The summed E-state index contributed by atoms with van der Waals surface area (Å²) in [5.41, 5.74) is -0.705. The summed E-state index contributed by atoms with van der Waals surface area (Å²) in [5, 5.41) is 0. The van der Waals surface area contributed by atoms with Crippen molar-refractivity contribution in [1.82, 2.24) is 0 Å². The molecule has 6 heteroatoms. The van der Waals surface area contributed by atoms with Gasteiger partial charge in [-0.25, -0.2) is 0 Å². The van der Waals surface area contributed by atoms with Crippen molar-refractivity contribution in [3.05, 3.63) is 24.3 Å².